The van der Waals surface area contributed by atoms with Crippen molar-refractivity contribution in [2.75, 3.05) is 0 Å². The Balaban J connectivity index is 2.08. The van der Waals surface area contributed by atoms with Gasteiger partial charge in [-0.15, -0.1) is 0 Å². The monoisotopic (exact) mass is 373 g/mol. The van der Waals surface area contributed by atoms with Crippen LogP contribution < -0.4 is 5.32 Å². The molecule has 5 nitrogen and oxygen atoms in total. The van der Waals surface area contributed by atoms with Crippen molar-refractivity contribution in [1.82, 2.24) is 15.2 Å². The Morgan fingerprint density at radius 3 is 2.23 bits per heavy atom. The smallest absolute Gasteiger partial charge is 0.242 e. The number of pyridine rings is 1. The highest BCUT2D eigenvalue weighted by Crippen LogP contribution is 2.16. The number of nitrogens with zero attached hydrogens (tertiary/aromatic N) is 2. The summed E-state index contributed by atoms with van der Waals surface area (Å²) in [6, 6.07) is 10.4. The van der Waals surface area contributed by atoms with Gasteiger partial charge >= 0.3 is 0 Å². The lowest BCUT2D eigenvalue weighted by molar-refractivity contribution is -0.143. The zero-order valence-electron chi connectivity index (χ0n) is 15.3. The van der Waals surface area contributed by atoms with Gasteiger partial charge in [0, 0.05) is 36.4 Å². The maximum atomic E-state index is 12.6. The summed E-state index contributed by atoms with van der Waals surface area (Å²) >= 11 is 5.92. The number of amides is 2. The molecular weight excluding hydrogens is 350 g/mol. The number of halogens is 1. The molecule has 0 aliphatic rings. The molecule has 6 heteroatoms. The van der Waals surface area contributed by atoms with Crippen LogP contribution in [-0.2, 0) is 22.7 Å². The second-order valence-electron chi connectivity index (χ2n) is 6.50. The Morgan fingerprint density at radius 1 is 1.04 bits per heavy atom. The summed E-state index contributed by atoms with van der Waals surface area (Å²) in [6.45, 7) is 6.17. The van der Waals surface area contributed by atoms with Crippen LogP contribution in [0.4, 0.5) is 0 Å². The van der Waals surface area contributed by atoms with Gasteiger partial charge in [0.25, 0.3) is 0 Å². The van der Waals surface area contributed by atoms with E-state index in [9.17, 15) is 9.59 Å². The number of carbonyl (C=O) groups is 2. The molecule has 0 aliphatic carbocycles. The fraction of sp³-hybridized carbons (Fsp3) is 0.350. The van der Waals surface area contributed by atoms with Crippen LogP contribution in [0.1, 0.15) is 31.9 Å². The largest absolute Gasteiger partial charge is 0.350 e. The van der Waals surface area contributed by atoms with E-state index in [1.54, 1.807) is 36.4 Å². The molecule has 0 fully saturated rings. The minimum atomic E-state index is -0.581. The third-order valence-electron chi connectivity index (χ3n) is 4.11. The van der Waals surface area contributed by atoms with Crippen molar-refractivity contribution in [3.63, 3.8) is 0 Å². The summed E-state index contributed by atoms with van der Waals surface area (Å²) < 4.78 is 0. The number of carbonyl (C=O) groups excluding carboxylic acids is 2. The molecule has 2 amide bonds. The fourth-order valence-corrected chi connectivity index (χ4v) is 2.63. The molecule has 2 rings (SSSR count). The van der Waals surface area contributed by atoms with E-state index in [0.717, 1.165) is 11.1 Å². The summed E-state index contributed by atoms with van der Waals surface area (Å²) in [7, 11) is 0. The first-order valence-corrected chi connectivity index (χ1v) is 8.98. The molecule has 138 valence electrons. The Morgan fingerprint density at radius 2 is 1.65 bits per heavy atom. The molecule has 1 atom stereocenters. The summed E-state index contributed by atoms with van der Waals surface area (Å²) in [5.74, 6) is -0.450. The van der Waals surface area contributed by atoms with Crippen LogP contribution in [0.15, 0.2) is 48.8 Å². The molecule has 1 aromatic carbocycles. The summed E-state index contributed by atoms with van der Waals surface area (Å²) in [4.78, 5) is 30.8. The molecule has 1 heterocycles. The summed E-state index contributed by atoms with van der Waals surface area (Å²) in [6.07, 6.45) is 3.36. The molecule has 2 aromatic rings. The fourth-order valence-electron chi connectivity index (χ4n) is 2.50. The lowest BCUT2D eigenvalue weighted by Crippen LogP contribution is -2.48. The van der Waals surface area contributed by atoms with E-state index in [1.807, 2.05) is 38.1 Å². The maximum Gasteiger partial charge on any atom is 0.242 e. The van der Waals surface area contributed by atoms with E-state index in [0.29, 0.717) is 18.1 Å². The number of hydrogen-bond acceptors (Lipinski definition) is 3. The number of rotatable bonds is 7. The standard InChI is InChI=1S/C20H24ClN3O2/c1-14(2)20(26)24(13-17-4-6-18(21)7-5-17)15(3)19(25)23-12-16-8-10-22-11-9-16/h4-11,14-15H,12-13H2,1-3H3,(H,23,25)/t15-/m1/s1. The van der Waals surface area contributed by atoms with Crippen LogP contribution in [0.3, 0.4) is 0 Å². The first-order valence-electron chi connectivity index (χ1n) is 8.60. The highest BCUT2D eigenvalue weighted by Gasteiger charge is 2.27. The van der Waals surface area contributed by atoms with Gasteiger partial charge in [-0.1, -0.05) is 37.6 Å². The average Bonchev–Trinajstić information content (AvgIpc) is 2.65. The molecule has 0 unspecified atom stereocenters. The molecule has 0 bridgehead atoms. The Hall–Kier alpha value is -2.40. The molecule has 0 spiro atoms. The van der Waals surface area contributed by atoms with Crippen LogP contribution in [-0.4, -0.2) is 27.7 Å². The second kappa shape index (κ2) is 9.34. The predicted octanol–water partition coefficient (Wildman–Crippen LogP) is 3.42. The number of hydrogen-bond donors (Lipinski definition) is 1. The van der Waals surface area contributed by atoms with Gasteiger partial charge in [-0.25, -0.2) is 0 Å². The SMILES string of the molecule is CC(C)C(=O)N(Cc1ccc(Cl)cc1)[C@H](C)C(=O)NCc1ccncc1. The van der Waals surface area contributed by atoms with Crippen molar-refractivity contribution in [3.05, 3.63) is 64.9 Å². The van der Waals surface area contributed by atoms with Crippen molar-refractivity contribution in [2.45, 2.75) is 39.9 Å². The first-order chi connectivity index (χ1) is 12.4. The van der Waals surface area contributed by atoms with E-state index in [-0.39, 0.29) is 17.7 Å². The highest BCUT2D eigenvalue weighted by atomic mass is 35.5. The second-order valence-corrected chi connectivity index (χ2v) is 6.93. The lowest BCUT2D eigenvalue weighted by atomic mass is 10.1. The van der Waals surface area contributed by atoms with Gasteiger partial charge in [0.2, 0.25) is 11.8 Å². The summed E-state index contributed by atoms with van der Waals surface area (Å²) in [5, 5.41) is 3.52. The Kier molecular flexibility index (Phi) is 7.16. The minimum Gasteiger partial charge on any atom is -0.350 e. The van der Waals surface area contributed by atoms with Crippen molar-refractivity contribution in [2.24, 2.45) is 5.92 Å². The topological polar surface area (TPSA) is 62.3 Å². The first kappa shape index (κ1) is 19.9. The lowest BCUT2D eigenvalue weighted by Gasteiger charge is -2.30. The van der Waals surface area contributed by atoms with Crippen LogP contribution in [0.5, 0.6) is 0 Å². The van der Waals surface area contributed by atoms with E-state index in [1.165, 1.54) is 0 Å². The Labute approximate surface area is 159 Å². The van der Waals surface area contributed by atoms with Crippen LogP contribution in [0.2, 0.25) is 5.02 Å². The molecule has 0 radical (unpaired) electrons. The molecule has 1 aromatic heterocycles. The predicted molar refractivity (Wildman–Crippen MR) is 102 cm³/mol. The van der Waals surface area contributed by atoms with Crippen LogP contribution >= 0.6 is 11.6 Å². The van der Waals surface area contributed by atoms with Gasteiger partial charge in [-0.3, -0.25) is 14.6 Å². The van der Waals surface area contributed by atoms with Gasteiger partial charge in [0.1, 0.15) is 6.04 Å². The van der Waals surface area contributed by atoms with Crippen molar-refractivity contribution in [3.8, 4) is 0 Å². The van der Waals surface area contributed by atoms with Crippen molar-refractivity contribution >= 4 is 23.4 Å². The van der Waals surface area contributed by atoms with Crippen molar-refractivity contribution < 1.29 is 9.59 Å². The summed E-state index contributed by atoms with van der Waals surface area (Å²) in [5.41, 5.74) is 1.89. The van der Waals surface area contributed by atoms with E-state index in [4.69, 9.17) is 11.6 Å². The molecule has 26 heavy (non-hydrogen) atoms. The van der Waals surface area contributed by atoms with Gasteiger partial charge in [-0.2, -0.15) is 0 Å². The quantitative estimate of drug-likeness (QED) is 0.808. The third kappa shape index (κ3) is 5.56. The van der Waals surface area contributed by atoms with Gasteiger partial charge in [-0.05, 0) is 42.3 Å². The zero-order chi connectivity index (χ0) is 19.1. The van der Waals surface area contributed by atoms with Gasteiger partial charge in [0.15, 0.2) is 0 Å². The molecule has 0 saturated carbocycles. The van der Waals surface area contributed by atoms with E-state index in [2.05, 4.69) is 10.3 Å². The Bertz CT molecular complexity index is 732. The van der Waals surface area contributed by atoms with Gasteiger partial charge < -0.3 is 10.2 Å². The molecule has 0 saturated heterocycles. The van der Waals surface area contributed by atoms with E-state index >= 15 is 0 Å². The van der Waals surface area contributed by atoms with Gasteiger partial charge in [0.05, 0.1) is 0 Å². The van der Waals surface area contributed by atoms with E-state index < -0.39 is 6.04 Å². The zero-order valence-corrected chi connectivity index (χ0v) is 16.0. The third-order valence-corrected chi connectivity index (χ3v) is 4.36. The normalized spacial score (nSPS) is 11.9. The number of nitrogens with one attached hydrogen (secondary N) is 1. The maximum absolute atomic E-state index is 12.6. The minimum absolute atomic E-state index is 0.0634. The van der Waals surface area contributed by atoms with Crippen LogP contribution in [0, 0.1) is 5.92 Å². The number of benzene rings is 1. The highest BCUT2D eigenvalue weighted by molar-refractivity contribution is 6.30. The molecule has 0 aliphatic heterocycles. The van der Waals surface area contributed by atoms with Crippen molar-refractivity contribution in [1.29, 1.82) is 0 Å². The molecule has 1 N–H and O–H groups in total. The van der Waals surface area contributed by atoms with Crippen LogP contribution in [0.25, 0.3) is 0 Å². The molecular formula is C20H24ClN3O2. The number of aromatic nitrogens is 1. The average molecular weight is 374 g/mol.